The average Bonchev–Trinajstić information content (AvgIpc) is 1.37. The summed E-state index contributed by atoms with van der Waals surface area (Å²) in [5, 5.41) is 34.4. The van der Waals surface area contributed by atoms with Crippen LogP contribution in [0.3, 0.4) is 0 Å². The zero-order valence-corrected chi connectivity index (χ0v) is 85.6. The van der Waals surface area contributed by atoms with Crippen LogP contribution in [0.4, 0.5) is 17.1 Å². The Kier molecular flexibility index (Phi) is 26.6. The van der Waals surface area contributed by atoms with Crippen LogP contribution in [-0.2, 0) is 35.2 Å². The number of pyridine rings is 5. The highest BCUT2D eigenvalue weighted by molar-refractivity contribution is 5.90. The van der Waals surface area contributed by atoms with Crippen molar-refractivity contribution in [3.63, 3.8) is 0 Å². The smallest absolute Gasteiger partial charge is 0.258 e. The van der Waals surface area contributed by atoms with Crippen LogP contribution in [-0.4, -0.2) is 235 Å². The molecule has 5 fully saturated rings. The molecule has 2 atom stereocenters. The highest BCUT2D eigenvalue weighted by atomic mass is 16.1. The van der Waals surface area contributed by atoms with Crippen LogP contribution >= 0.6 is 0 Å². The van der Waals surface area contributed by atoms with E-state index in [-0.39, 0.29) is 27.8 Å². The Morgan fingerprint density at radius 2 is 0.699 bits per heavy atom. The molecule has 0 bridgehead atoms. The topological polar surface area (TPSA) is 304 Å². The Labute approximate surface area is 843 Å². The van der Waals surface area contributed by atoms with Gasteiger partial charge in [-0.05, 0) is 269 Å². The monoisotopic (exact) mass is 1950 g/mol. The molecule has 746 valence electrons. The Morgan fingerprint density at radius 1 is 0.322 bits per heavy atom. The van der Waals surface area contributed by atoms with E-state index in [2.05, 4.69) is 155 Å². The Hall–Kier alpha value is -15.6. The number of piperidine rings is 2. The number of nitrogens with zero attached hydrogens (tertiary/aromatic N) is 26. The number of anilines is 3. The van der Waals surface area contributed by atoms with E-state index in [1.807, 2.05) is 213 Å². The van der Waals surface area contributed by atoms with Gasteiger partial charge >= 0.3 is 0 Å². The maximum absolute atomic E-state index is 13.0. The van der Waals surface area contributed by atoms with E-state index in [4.69, 9.17) is 24.9 Å². The number of aryl methyl sites for hydroxylation is 10. The highest BCUT2D eigenvalue weighted by Crippen LogP contribution is 2.36. The van der Waals surface area contributed by atoms with Crippen LogP contribution in [0.25, 0.3) is 139 Å². The number of likely N-dealkylation sites (tertiary alicyclic amines) is 2. The maximum atomic E-state index is 13.0. The molecule has 5 aliphatic heterocycles. The molecule has 146 heavy (non-hydrogen) atoms. The standard InChI is InChI=1S/C24H27N5O.C23H26N6O.C23H25N5O.C22H24N6O.C21H22N6O/c1-4-28-9-7-17(8-10-28)18-5-6-22-25-21(13-23(30)29(22)15-18)19-11-16(2)24-20(12-19)14-27(3)26-24;1-15-9-17(10-18-13-27(4)25-23(15)18)20-11-22(30)29-14-19(5-6-21(29)24-20)28-8-7-26(3)16(2)12-28;1-15-10-18(11-19-13-27(3)25-23(15)19)20-12-22(29)28-14-17(4-5-21(28)24-20)16-6-8-26(2)9-7-16;1-14-8-18(27-7-6-23-15(2)11-27)13-28-21(29)10-20(24-22(14)28)16-4-5-19-17(9-16)12-26(3)25-19;1-14-9-17(26-7-5-22-6-8-26)13-27-20(28)11-19(23-21(14)27)15-3-4-18-16(10-15)12-25(2)24-18/h5-6,11-15,17H,4,7-10H2,1-3H3;5-6,9-11,13-14,16H,7-8,12H2,1-4H3;4-5,10-14,16H,6-9H2,1-3H3;4-5,8-10,12-13,15,23H,6-7,11H2,1-3H3;3-4,9-13,22H,5-8H2,1-2H3/t;16-;;15-;/m.0.1./s1. The number of hydrogen-bond acceptors (Lipinski definition) is 23. The van der Waals surface area contributed by atoms with Gasteiger partial charge in [0, 0.05) is 260 Å². The van der Waals surface area contributed by atoms with E-state index in [9.17, 15) is 24.0 Å². The zero-order chi connectivity index (χ0) is 101. The predicted molar refractivity (Wildman–Crippen MR) is 582 cm³/mol. The lowest BCUT2D eigenvalue weighted by molar-refractivity contribution is 0.222. The number of rotatable bonds is 11. The van der Waals surface area contributed by atoms with Crippen molar-refractivity contribution in [1.82, 2.24) is 121 Å². The summed E-state index contributed by atoms with van der Waals surface area (Å²) in [6, 6.07) is 49.9. The van der Waals surface area contributed by atoms with Crippen molar-refractivity contribution in [3.05, 3.63) is 304 Å². The Balaban J connectivity index is 0.000000107. The molecule has 5 aromatic carbocycles. The molecule has 0 saturated carbocycles. The van der Waals surface area contributed by atoms with Gasteiger partial charge in [0.05, 0.1) is 73.1 Å². The van der Waals surface area contributed by atoms with Crippen molar-refractivity contribution in [2.75, 3.05) is 127 Å². The summed E-state index contributed by atoms with van der Waals surface area (Å²) in [5.41, 5.74) is 27.0. The quantitative estimate of drug-likeness (QED) is 0.122. The molecule has 5 saturated heterocycles. The van der Waals surface area contributed by atoms with Crippen LogP contribution in [0.2, 0.25) is 0 Å². The van der Waals surface area contributed by atoms with Gasteiger partial charge in [-0.3, -0.25) is 69.4 Å². The molecular weight excluding hydrogens is 1830 g/mol. The summed E-state index contributed by atoms with van der Waals surface area (Å²) >= 11 is 0. The molecule has 0 radical (unpaired) electrons. The van der Waals surface area contributed by atoms with Gasteiger partial charge in [-0.1, -0.05) is 31.2 Å². The van der Waals surface area contributed by atoms with Crippen molar-refractivity contribution >= 4 is 99.8 Å². The number of benzene rings is 5. The first kappa shape index (κ1) is 96.6. The van der Waals surface area contributed by atoms with Gasteiger partial charge in [0.2, 0.25) is 0 Å². The molecule has 0 amide bonds. The first-order chi connectivity index (χ1) is 70.4. The molecule has 20 heterocycles. The number of hydrogen-bond donors (Lipinski definition) is 2. The lowest BCUT2D eigenvalue weighted by atomic mass is 9.90. The van der Waals surface area contributed by atoms with Crippen LogP contribution in [0.15, 0.2) is 238 Å². The second-order valence-electron chi connectivity index (χ2n) is 40.4. The maximum Gasteiger partial charge on any atom is 0.258 e. The molecule has 2 N–H and O–H groups in total. The normalized spacial score (nSPS) is 16.4. The summed E-state index contributed by atoms with van der Waals surface area (Å²) < 4.78 is 17.4. The molecule has 33 heteroatoms. The van der Waals surface area contributed by atoms with Crippen molar-refractivity contribution in [3.8, 4) is 56.3 Å². The minimum atomic E-state index is -0.0667. The summed E-state index contributed by atoms with van der Waals surface area (Å²) in [5.74, 6) is 1.03. The lowest BCUT2D eigenvalue weighted by Crippen LogP contribution is -2.50. The third-order valence-corrected chi connectivity index (χ3v) is 29.6. The molecule has 15 aromatic heterocycles. The fraction of sp³-hybridized carbons (Fsp3) is 0.336. The van der Waals surface area contributed by atoms with Gasteiger partial charge in [-0.25, -0.2) is 24.9 Å². The minimum Gasteiger partial charge on any atom is -0.368 e. The third-order valence-electron chi connectivity index (χ3n) is 29.6. The molecule has 25 rings (SSSR count). The van der Waals surface area contributed by atoms with Gasteiger partial charge < -0.3 is 40.0 Å². The van der Waals surface area contributed by atoms with E-state index in [0.29, 0.717) is 80.6 Å². The van der Waals surface area contributed by atoms with Crippen molar-refractivity contribution < 1.29 is 0 Å². The SMILES string of the molecule is CCN1CCC(c2ccc3nc(-c4cc(C)c5nn(C)cc5c4)cc(=O)n3c2)CC1.Cc1cc(-c2cc(=O)n3cc(C4CCN(C)CC4)ccc3n2)cc2cn(C)nc12.Cc1cc(-c2cc(=O)n3cc(N4CCN(C)[C@@H](C)C4)ccc3n2)cc2cn(C)nc12.Cc1cc(N2CCNCC2)cn2c(=O)cc(-c3ccc4nn(C)cc4c3)nc12.Cc1cc(N2CCN[C@H](C)C2)cn2c(=O)cc(-c3ccc4nn(C)cc4c3)nc12. The molecule has 20 aromatic rings. The molecular formula is C113H124N28O5. The fourth-order valence-corrected chi connectivity index (χ4v) is 21.4. The largest absolute Gasteiger partial charge is 0.368 e. The van der Waals surface area contributed by atoms with Crippen molar-refractivity contribution in [2.45, 2.75) is 105 Å². The zero-order valence-electron chi connectivity index (χ0n) is 85.6. The van der Waals surface area contributed by atoms with Gasteiger partial charge in [0.25, 0.3) is 27.8 Å². The van der Waals surface area contributed by atoms with Crippen LogP contribution in [0.5, 0.6) is 0 Å². The number of nitrogens with one attached hydrogen (secondary N) is 2. The molecule has 33 nitrogen and oxygen atoms in total. The van der Waals surface area contributed by atoms with E-state index >= 15 is 0 Å². The van der Waals surface area contributed by atoms with E-state index in [1.165, 1.54) is 11.1 Å². The Morgan fingerprint density at radius 3 is 1.14 bits per heavy atom. The molecule has 0 spiro atoms. The van der Waals surface area contributed by atoms with Crippen LogP contribution in [0.1, 0.15) is 97.2 Å². The Bertz CT molecular complexity index is 8770. The second kappa shape index (κ2) is 40.2. The van der Waals surface area contributed by atoms with Gasteiger partial charge in [0.15, 0.2) is 0 Å². The average molecular weight is 1950 g/mol. The van der Waals surface area contributed by atoms with Crippen LogP contribution in [0, 0.1) is 34.6 Å². The van der Waals surface area contributed by atoms with Crippen LogP contribution < -0.4 is 53.1 Å². The second-order valence-corrected chi connectivity index (χ2v) is 40.4. The minimum absolute atomic E-state index is 0.0354. The van der Waals surface area contributed by atoms with Gasteiger partial charge in [-0.2, -0.15) is 25.5 Å². The number of aromatic nitrogens is 20. The first-order valence-corrected chi connectivity index (χ1v) is 50.6. The number of piperazine rings is 3. The van der Waals surface area contributed by atoms with Gasteiger partial charge in [-0.15, -0.1) is 0 Å². The molecule has 0 unspecified atom stereocenters. The van der Waals surface area contributed by atoms with Crippen molar-refractivity contribution in [1.29, 1.82) is 0 Å². The lowest BCUT2D eigenvalue weighted by Gasteiger charge is -2.39. The highest BCUT2D eigenvalue weighted by Gasteiger charge is 2.28. The van der Waals surface area contributed by atoms with E-state index < -0.39 is 0 Å². The fourth-order valence-electron chi connectivity index (χ4n) is 21.4. The molecule has 5 aliphatic rings. The summed E-state index contributed by atoms with van der Waals surface area (Å²) in [6.07, 6.45) is 24.2. The predicted octanol–water partition coefficient (Wildman–Crippen LogP) is 14.1. The van der Waals surface area contributed by atoms with E-state index in [0.717, 1.165) is 251 Å². The van der Waals surface area contributed by atoms with Crippen molar-refractivity contribution in [2.24, 2.45) is 35.2 Å². The molecule has 0 aliphatic carbocycles. The summed E-state index contributed by atoms with van der Waals surface area (Å²) in [6.45, 7) is 31.9. The van der Waals surface area contributed by atoms with E-state index in [1.54, 1.807) is 61.7 Å². The summed E-state index contributed by atoms with van der Waals surface area (Å²) in [4.78, 5) is 103. The number of likely N-dealkylation sites (N-methyl/N-ethyl adjacent to an activating group) is 1. The summed E-state index contributed by atoms with van der Waals surface area (Å²) in [7, 11) is 13.9. The first-order valence-electron chi connectivity index (χ1n) is 50.6. The van der Waals surface area contributed by atoms with Gasteiger partial charge in [0.1, 0.15) is 28.2 Å². The third kappa shape index (κ3) is 20.1. The number of fused-ring (bicyclic) bond motifs is 10.